The first-order chi connectivity index (χ1) is 6.70. The van der Waals surface area contributed by atoms with E-state index in [2.05, 4.69) is 6.92 Å². The van der Waals surface area contributed by atoms with Gasteiger partial charge in [0.2, 0.25) is 0 Å². The van der Waals surface area contributed by atoms with Gasteiger partial charge >= 0.3 is 0 Å². The lowest BCUT2D eigenvalue weighted by Gasteiger charge is -2.33. The molecule has 0 N–H and O–H groups in total. The molecule has 0 saturated heterocycles. The molecule has 1 heterocycles. The Morgan fingerprint density at radius 1 is 1.43 bits per heavy atom. The molecule has 1 aliphatic carbocycles. The third-order valence-corrected chi connectivity index (χ3v) is 3.49. The van der Waals surface area contributed by atoms with Gasteiger partial charge in [0.05, 0.1) is 12.7 Å². The van der Waals surface area contributed by atoms with Gasteiger partial charge in [-0.15, -0.1) is 0 Å². The molecule has 14 heavy (non-hydrogen) atoms. The topological polar surface area (TPSA) is 26.3 Å². The molecule has 1 spiro atoms. The summed E-state index contributed by atoms with van der Waals surface area (Å²) >= 11 is 0. The Morgan fingerprint density at radius 2 is 2.29 bits per heavy atom. The van der Waals surface area contributed by atoms with Crippen LogP contribution in [0.5, 0.6) is 0 Å². The zero-order valence-corrected chi connectivity index (χ0v) is 8.79. The van der Waals surface area contributed by atoms with E-state index in [4.69, 9.17) is 4.74 Å². The lowest BCUT2D eigenvalue weighted by molar-refractivity contribution is -0.123. The maximum Gasteiger partial charge on any atom is 0.162 e. The van der Waals surface area contributed by atoms with E-state index in [1.54, 1.807) is 12.3 Å². The zero-order valence-electron chi connectivity index (χ0n) is 8.79. The van der Waals surface area contributed by atoms with Crippen molar-refractivity contribution in [3.8, 4) is 0 Å². The first-order valence-corrected chi connectivity index (χ1v) is 5.57. The highest BCUT2D eigenvalue weighted by Gasteiger charge is 2.36. The fourth-order valence-electron chi connectivity index (χ4n) is 2.52. The van der Waals surface area contributed by atoms with Gasteiger partial charge in [-0.05, 0) is 31.6 Å². The molecule has 2 aliphatic rings. The van der Waals surface area contributed by atoms with Crippen LogP contribution in [0.1, 0.15) is 45.4 Å². The van der Waals surface area contributed by atoms with E-state index in [9.17, 15) is 4.79 Å². The van der Waals surface area contributed by atoms with Gasteiger partial charge in [-0.1, -0.05) is 13.3 Å². The Hall–Kier alpha value is -0.790. The van der Waals surface area contributed by atoms with Crippen molar-refractivity contribution >= 4 is 5.78 Å². The van der Waals surface area contributed by atoms with Crippen molar-refractivity contribution in [2.24, 2.45) is 5.92 Å². The number of ketones is 1. The SMILES string of the molecule is CC1CCCC2(CC1)CC(=O)C=CO2. The van der Waals surface area contributed by atoms with Crippen molar-refractivity contribution in [2.75, 3.05) is 0 Å². The molecule has 0 aromatic heterocycles. The number of hydrogen-bond acceptors (Lipinski definition) is 2. The minimum absolute atomic E-state index is 0.142. The first-order valence-electron chi connectivity index (χ1n) is 5.57. The Labute approximate surface area is 85.3 Å². The monoisotopic (exact) mass is 194 g/mol. The minimum Gasteiger partial charge on any atom is -0.494 e. The molecule has 2 atom stereocenters. The van der Waals surface area contributed by atoms with Gasteiger partial charge < -0.3 is 4.74 Å². The summed E-state index contributed by atoms with van der Waals surface area (Å²) in [6.45, 7) is 2.29. The van der Waals surface area contributed by atoms with Crippen LogP contribution in [0.2, 0.25) is 0 Å². The summed E-state index contributed by atoms with van der Waals surface area (Å²) in [5.74, 6) is 1.02. The Balaban J connectivity index is 2.07. The molecule has 2 rings (SSSR count). The highest BCUT2D eigenvalue weighted by molar-refractivity contribution is 5.90. The molecule has 0 amide bonds. The van der Waals surface area contributed by atoms with E-state index in [1.807, 2.05) is 0 Å². The fraction of sp³-hybridized carbons (Fsp3) is 0.750. The van der Waals surface area contributed by atoms with Gasteiger partial charge in [0.25, 0.3) is 0 Å². The molecule has 1 fully saturated rings. The predicted molar refractivity (Wildman–Crippen MR) is 54.8 cm³/mol. The molecule has 0 bridgehead atoms. The van der Waals surface area contributed by atoms with Crippen molar-refractivity contribution in [1.29, 1.82) is 0 Å². The van der Waals surface area contributed by atoms with Crippen LogP contribution in [-0.4, -0.2) is 11.4 Å². The van der Waals surface area contributed by atoms with Crippen molar-refractivity contribution in [1.82, 2.24) is 0 Å². The summed E-state index contributed by atoms with van der Waals surface area (Å²) in [4.78, 5) is 11.4. The average Bonchev–Trinajstić information content (AvgIpc) is 2.30. The van der Waals surface area contributed by atoms with Crippen LogP contribution in [0.3, 0.4) is 0 Å². The zero-order chi connectivity index (χ0) is 10.0. The van der Waals surface area contributed by atoms with E-state index in [-0.39, 0.29) is 11.4 Å². The van der Waals surface area contributed by atoms with Crippen LogP contribution in [-0.2, 0) is 9.53 Å². The lowest BCUT2D eigenvalue weighted by Crippen LogP contribution is -2.35. The second-order valence-corrected chi connectivity index (χ2v) is 4.78. The molecule has 2 unspecified atom stereocenters. The van der Waals surface area contributed by atoms with Crippen LogP contribution in [0.15, 0.2) is 12.3 Å². The lowest BCUT2D eigenvalue weighted by atomic mass is 9.87. The Kier molecular flexibility index (Phi) is 2.62. The molecular weight excluding hydrogens is 176 g/mol. The van der Waals surface area contributed by atoms with E-state index in [1.165, 1.54) is 19.3 Å². The molecule has 2 heteroatoms. The second-order valence-electron chi connectivity index (χ2n) is 4.78. The molecule has 1 saturated carbocycles. The molecule has 0 radical (unpaired) electrons. The third-order valence-electron chi connectivity index (χ3n) is 3.49. The van der Waals surface area contributed by atoms with Gasteiger partial charge in [0, 0.05) is 6.08 Å². The number of rotatable bonds is 0. The van der Waals surface area contributed by atoms with Crippen LogP contribution in [0.25, 0.3) is 0 Å². The normalized spacial score (nSPS) is 38.1. The van der Waals surface area contributed by atoms with Crippen LogP contribution in [0.4, 0.5) is 0 Å². The molecular formula is C12H18O2. The van der Waals surface area contributed by atoms with E-state index in [0.717, 1.165) is 18.8 Å². The van der Waals surface area contributed by atoms with Crippen LogP contribution < -0.4 is 0 Å². The van der Waals surface area contributed by atoms with Crippen molar-refractivity contribution < 1.29 is 9.53 Å². The number of hydrogen-bond donors (Lipinski definition) is 0. The number of carbonyl (C=O) groups is 1. The minimum atomic E-state index is -0.142. The summed E-state index contributed by atoms with van der Waals surface area (Å²) in [6.07, 6.45) is 9.52. The standard InChI is InChI=1S/C12H18O2/c1-10-3-2-6-12(7-4-10)9-11(13)5-8-14-12/h5,8,10H,2-4,6-7,9H2,1H3. The first kappa shape index (κ1) is 9.75. The molecule has 78 valence electrons. The maximum absolute atomic E-state index is 11.4. The predicted octanol–water partition coefficient (Wildman–Crippen LogP) is 2.83. The summed E-state index contributed by atoms with van der Waals surface area (Å²) in [5.41, 5.74) is -0.142. The van der Waals surface area contributed by atoms with E-state index < -0.39 is 0 Å². The molecule has 1 aliphatic heterocycles. The highest BCUT2D eigenvalue weighted by atomic mass is 16.5. The fourth-order valence-corrected chi connectivity index (χ4v) is 2.52. The largest absolute Gasteiger partial charge is 0.494 e. The van der Waals surface area contributed by atoms with Gasteiger partial charge in [-0.25, -0.2) is 0 Å². The van der Waals surface area contributed by atoms with Crippen molar-refractivity contribution in [2.45, 2.75) is 51.0 Å². The summed E-state index contributed by atoms with van der Waals surface area (Å²) in [7, 11) is 0. The van der Waals surface area contributed by atoms with Gasteiger partial charge in [0.15, 0.2) is 5.78 Å². The molecule has 0 aromatic rings. The van der Waals surface area contributed by atoms with E-state index >= 15 is 0 Å². The number of carbonyl (C=O) groups excluding carboxylic acids is 1. The average molecular weight is 194 g/mol. The third kappa shape index (κ3) is 1.99. The molecule has 2 nitrogen and oxygen atoms in total. The Bertz CT molecular complexity index is 257. The highest BCUT2D eigenvalue weighted by Crippen LogP contribution is 2.37. The van der Waals surface area contributed by atoms with Crippen molar-refractivity contribution in [3.05, 3.63) is 12.3 Å². The van der Waals surface area contributed by atoms with Crippen LogP contribution in [0, 0.1) is 5.92 Å². The van der Waals surface area contributed by atoms with Gasteiger partial charge in [0.1, 0.15) is 5.60 Å². The second kappa shape index (κ2) is 3.76. The maximum atomic E-state index is 11.4. The van der Waals surface area contributed by atoms with E-state index in [0.29, 0.717) is 6.42 Å². The number of ether oxygens (including phenoxy) is 1. The quantitative estimate of drug-likeness (QED) is 0.592. The summed E-state index contributed by atoms with van der Waals surface area (Å²) in [5, 5.41) is 0. The smallest absolute Gasteiger partial charge is 0.162 e. The van der Waals surface area contributed by atoms with Crippen molar-refractivity contribution in [3.63, 3.8) is 0 Å². The molecule has 0 aromatic carbocycles. The van der Waals surface area contributed by atoms with Crippen LogP contribution >= 0.6 is 0 Å². The van der Waals surface area contributed by atoms with Gasteiger partial charge in [-0.2, -0.15) is 0 Å². The Morgan fingerprint density at radius 3 is 3.07 bits per heavy atom. The number of allylic oxidation sites excluding steroid dienone is 1. The summed E-state index contributed by atoms with van der Waals surface area (Å²) < 4.78 is 5.70. The van der Waals surface area contributed by atoms with Gasteiger partial charge in [-0.3, -0.25) is 4.79 Å². The summed E-state index contributed by atoms with van der Waals surface area (Å²) in [6, 6.07) is 0.